The normalized spacial score (nSPS) is 10.8. The average molecular weight is 512 g/mol. The molecule has 2 N–H and O–H groups in total. The summed E-state index contributed by atoms with van der Waals surface area (Å²) in [6, 6.07) is 20.8. The number of H-pyrrole nitrogens is 1. The summed E-state index contributed by atoms with van der Waals surface area (Å²) in [5.74, 6) is 1.50. The van der Waals surface area contributed by atoms with Gasteiger partial charge in [-0.05, 0) is 44.2 Å². The van der Waals surface area contributed by atoms with E-state index in [0.29, 0.717) is 47.4 Å². The number of ether oxygens (including phenoxy) is 2. The highest BCUT2D eigenvalue weighted by Crippen LogP contribution is 2.30. The van der Waals surface area contributed by atoms with Gasteiger partial charge in [0.1, 0.15) is 11.5 Å². The van der Waals surface area contributed by atoms with Gasteiger partial charge in [-0.2, -0.15) is 9.78 Å². The molecule has 2 aromatic carbocycles. The smallest absolute Gasteiger partial charge is 0.256 e. The molecule has 0 aliphatic rings. The SMILES string of the molecule is CCOc1ccc(C(=O)Nc2cc(-c3ccco3)nn2-c2nc(-c3ccccc3)cc(=O)[nH]2)cc1OCC. The first kappa shape index (κ1) is 24.6. The van der Waals surface area contributed by atoms with Crippen LogP contribution in [0.2, 0.25) is 0 Å². The van der Waals surface area contributed by atoms with Crippen molar-refractivity contribution >= 4 is 11.7 Å². The van der Waals surface area contributed by atoms with Crippen molar-refractivity contribution in [2.75, 3.05) is 18.5 Å². The molecule has 0 bridgehead atoms. The molecule has 3 aromatic heterocycles. The summed E-state index contributed by atoms with van der Waals surface area (Å²) in [4.78, 5) is 33.2. The molecule has 3 heterocycles. The van der Waals surface area contributed by atoms with Gasteiger partial charge in [-0.1, -0.05) is 30.3 Å². The van der Waals surface area contributed by atoms with Crippen LogP contribution in [0.5, 0.6) is 11.5 Å². The molecule has 5 rings (SSSR count). The van der Waals surface area contributed by atoms with E-state index < -0.39 is 5.91 Å². The Kier molecular flexibility index (Phi) is 7.03. The molecule has 192 valence electrons. The largest absolute Gasteiger partial charge is 0.490 e. The fourth-order valence-electron chi connectivity index (χ4n) is 3.86. The van der Waals surface area contributed by atoms with Crippen LogP contribution in [0.1, 0.15) is 24.2 Å². The Bertz CT molecular complexity index is 1610. The zero-order valence-corrected chi connectivity index (χ0v) is 20.8. The minimum atomic E-state index is -0.414. The quantitative estimate of drug-likeness (QED) is 0.287. The Morgan fingerprint density at radius 1 is 0.947 bits per heavy atom. The van der Waals surface area contributed by atoms with Gasteiger partial charge >= 0.3 is 0 Å². The summed E-state index contributed by atoms with van der Waals surface area (Å²) in [5.41, 5.74) is 1.66. The Morgan fingerprint density at radius 3 is 2.47 bits per heavy atom. The van der Waals surface area contributed by atoms with Crippen LogP contribution < -0.4 is 20.3 Å². The van der Waals surface area contributed by atoms with Crippen LogP contribution in [-0.2, 0) is 0 Å². The number of hydrogen-bond acceptors (Lipinski definition) is 7. The molecule has 1 amide bonds. The number of nitrogens with one attached hydrogen (secondary N) is 2. The van der Waals surface area contributed by atoms with Crippen LogP contribution in [0.15, 0.2) is 88.3 Å². The van der Waals surface area contributed by atoms with Crippen LogP contribution in [0.3, 0.4) is 0 Å². The lowest BCUT2D eigenvalue weighted by atomic mass is 10.1. The molecule has 0 saturated heterocycles. The first-order chi connectivity index (χ1) is 18.6. The maximum atomic E-state index is 13.3. The second-order valence-corrected chi connectivity index (χ2v) is 8.11. The lowest BCUT2D eigenvalue weighted by Crippen LogP contribution is -2.19. The maximum absolute atomic E-state index is 13.3. The van der Waals surface area contributed by atoms with E-state index in [2.05, 4.69) is 20.4 Å². The maximum Gasteiger partial charge on any atom is 0.256 e. The molecule has 10 nitrogen and oxygen atoms in total. The molecule has 5 aromatic rings. The average Bonchev–Trinajstić information content (AvgIpc) is 3.61. The number of benzene rings is 2. The van der Waals surface area contributed by atoms with E-state index in [1.165, 1.54) is 17.0 Å². The van der Waals surface area contributed by atoms with E-state index in [9.17, 15) is 9.59 Å². The number of hydrogen-bond donors (Lipinski definition) is 2. The van der Waals surface area contributed by atoms with Crippen molar-refractivity contribution in [1.82, 2.24) is 19.7 Å². The number of rotatable bonds is 9. The molecular formula is C28H25N5O5. The number of aromatic nitrogens is 4. The summed E-state index contributed by atoms with van der Waals surface area (Å²) in [6.45, 7) is 4.61. The number of amides is 1. The van der Waals surface area contributed by atoms with Gasteiger partial charge in [-0.15, -0.1) is 0 Å². The van der Waals surface area contributed by atoms with Crippen LogP contribution in [-0.4, -0.2) is 38.9 Å². The Balaban J connectivity index is 1.55. The van der Waals surface area contributed by atoms with Gasteiger partial charge in [0.25, 0.3) is 11.5 Å². The van der Waals surface area contributed by atoms with Gasteiger partial charge in [0.15, 0.2) is 17.3 Å². The third kappa shape index (κ3) is 5.19. The molecule has 0 spiro atoms. The zero-order chi connectivity index (χ0) is 26.5. The van der Waals surface area contributed by atoms with Gasteiger partial charge < -0.3 is 19.2 Å². The molecule has 0 unspecified atom stereocenters. The first-order valence-corrected chi connectivity index (χ1v) is 12.1. The van der Waals surface area contributed by atoms with E-state index in [1.54, 1.807) is 36.4 Å². The van der Waals surface area contributed by atoms with Crippen molar-refractivity contribution < 1.29 is 18.7 Å². The summed E-state index contributed by atoms with van der Waals surface area (Å²) in [6.07, 6.45) is 1.53. The van der Waals surface area contributed by atoms with Crippen molar-refractivity contribution in [1.29, 1.82) is 0 Å². The van der Waals surface area contributed by atoms with Gasteiger partial charge in [-0.25, -0.2) is 4.98 Å². The first-order valence-electron chi connectivity index (χ1n) is 12.1. The third-order valence-electron chi connectivity index (χ3n) is 5.53. The second-order valence-electron chi connectivity index (χ2n) is 8.11. The number of carbonyl (C=O) groups is 1. The molecule has 0 aliphatic carbocycles. The zero-order valence-electron chi connectivity index (χ0n) is 20.8. The number of nitrogens with zero attached hydrogens (tertiary/aromatic N) is 3. The van der Waals surface area contributed by atoms with Gasteiger partial charge in [-0.3, -0.25) is 14.6 Å². The fourth-order valence-corrected chi connectivity index (χ4v) is 3.86. The highest BCUT2D eigenvalue weighted by atomic mass is 16.5. The Hall–Kier alpha value is -5.12. The minimum absolute atomic E-state index is 0.131. The lowest BCUT2D eigenvalue weighted by Gasteiger charge is -2.13. The van der Waals surface area contributed by atoms with Crippen LogP contribution in [0.25, 0.3) is 28.7 Å². The fraction of sp³-hybridized carbons (Fsp3) is 0.143. The third-order valence-corrected chi connectivity index (χ3v) is 5.53. The van der Waals surface area contributed by atoms with Crippen molar-refractivity contribution in [3.8, 4) is 40.2 Å². The van der Waals surface area contributed by atoms with Crippen molar-refractivity contribution in [3.63, 3.8) is 0 Å². The summed E-state index contributed by atoms with van der Waals surface area (Å²) < 4.78 is 18.1. The molecule has 0 atom stereocenters. The molecule has 0 saturated carbocycles. The van der Waals surface area contributed by atoms with Gasteiger partial charge in [0, 0.05) is 23.3 Å². The predicted molar refractivity (Wildman–Crippen MR) is 142 cm³/mol. The highest BCUT2D eigenvalue weighted by Gasteiger charge is 2.19. The Labute approximate surface area is 217 Å². The topological polar surface area (TPSA) is 124 Å². The number of furan rings is 1. The molecule has 38 heavy (non-hydrogen) atoms. The monoisotopic (exact) mass is 511 g/mol. The number of anilines is 1. The summed E-state index contributed by atoms with van der Waals surface area (Å²) >= 11 is 0. The van der Waals surface area contributed by atoms with Crippen LogP contribution >= 0.6 is 0 Å². The van der Waals surface area contributed by atoms with Crippen molar-refractivity contribution in [3.05, 3.63) is 95.0 Å². The minimum Gasteiger partial charge on any atom is -0.490 e. The lowest BCUT2D eigenvalue weighted by molar-refractivity contribution is 0.102. The van der Waals surface area contributed by atoms with Gasteiger partial charge in [0.05, 0.1) is 25.2 Å². The molecule has 10 heteroatoms. The summed E-state index contributed by atoms with van der Waals surface area (Å²) in [7, 11) is 0. The number of carbonyl (C=O) groups excluding carboxylic acids is 1. The van der Waals surface area contributed by atoms with Gasteiger partial charge in [0.2, 0.25) is 5.95 Å². The van der Waals surface area contributed by atoms with E-state index in [4.69, 9.17) is 13.9 Å². The predicted octanol–water partition coefficient (Wildman–Crippen LogP) is 4.93. The van der Waals surface area contributed by atoms with Crippen LogP contribution in [0.4, 0.5) is 5.82 Å². The summed E-state index contributed by atoms with van der Waals surface area (Å²) in [5, 5.41) is 7.43. The molecule has 0 fully saturated rings. The highest BCUT2D eigenvalue weighted by molar-refractivity contribution is 6.04. The molecule has 0 radical (unpaired) electrons. The molecule has 0 aliphatic heterocycles. The van der Waals surface area contributed by atoms with Crippen molar-refractivity contribution in [2.24, 2.45) is 0 Å². The standard InChI is InChI=1S/C28H25N5O5/c1-3-36-23-13-12-19(15-24(23)37-4-2)27(35)30-25-16-21(22-11-8-14-38-22)32-33(25)28-29-20(17-26(34)31-28)18-9-6-5-7-10-18/h5-17H,3-4H2,1-2H3,(H,30,35)(H,29,31,34). The van der Waals surface area contributed by atoms with E-state index >= 15 is 0 Å². The number of aromatic amines is 1. The van der Waals surface area contributed by atoms with Crippen molar-refractivity contribution in [2.45, 2.75) is 13.8 Å². The van der Waals surface area contributed by atoms with E-state index in [-0.39, 0.29) is 17.3 Å². The molecular weight excluding hydrogens is 486 g/mol. The second kappa shape index (κ2) is 10.9. The Morgan fingerprint density at radius 2 is 1.74 bits per heavy atom. The van der Waals surface area contributed by atoms with E-state index in [0.717, 1.165) is 5.56 Å². The van der Waals surface area contributed by atoms with Crippen LogP contribution in [0, 0.1) is 0 Å². The van der Waals surface area contributed by atoms with E-state index in [1.807, 2.05) is 44.2 Å².